The number of aromatic nitrogens is 1. The highest BCUT2D eigenvalue weighted by molar-refractivity contribution is 5.79. The Morgan fingerprint density at radius 1 is 1.06 bits per heavy atom. The lowest BCUT2D eigenvalue weighted by molar-refractivity contribution is 0.244. The number of anilines is 1. The molecule has 0 radical (unpaired) electrons. The van der Waals surface area contributed by atoms with Crippen molar-refractivity contribution in [3.05, 3.63) is 59.8 Å². The number of piperazine rings is 1. The Morgan fingerprint density at radius 3 is 2.48 bits per heavy atom. The Balaban J connectivity index is 1.31. The zero-order valence-electron chi connectivity index (χ0n) is 19.0. The van der Waals surface area contributed by atoms with Crippen LogP contribution in [-0.2, 0) is 12.0 Å². The van der Waals surface area contributed by atoms with Gasteiger partial charge in [0.25, 0.3) is 0 Å². The highest BCUT2D eigenvalue weighted by Crippen LogP contribution is 2.43. The minimum Gasteiger partial charge on any atom is -0.356 e. The van der Waals surface area contributed by atoms with Crippen LogP contribution in [0.25, 0.3) is 0 Å². The van der Waals surface area contributed by atoms with Crippen molar-refractivity contribution < 1.29 is 0 Å². The molecule has 0 unspecified atom stereocenters. The van der Waals surface area contributed by atoms with Crippen molar-refractivity contribution in [2.45, 2.75) is 38.1 Å². The van der Waals surface area contributed by atoms with Crippen LogP contribution in [0.3, 0.4) is 0 Å². The summed E-state index contributed by atoms with van der Waals surface area (Å²) in [5.41, 5.74) is 2.90. The summed E-state index contributed by atoms with van der Waals surface area (Å²) in [7, 11) is 1.84. The number of pyridine rings is 1. The summed E-state index contributed by atoms with van der Waals surface area (Å²) < 4.78 is 0. The van der Waals surface area contributed by atoms with Crippen molar-refractivity contribution in [3.8, 4) is 0 Å². The van der Waals surface area contributed by atoms with E-state index in [2.05, 4.69) is 79.8 Å². The Kier molecular flexibility index (Phi) is 7.07. The molecule has 2 heterocycles. The van der Waals surface area contributed by atoms with Crippen LogP contribution < -0.4 is 15.5 Å². The molecule has 2 aliphatic rings. The third kappa shape index (κ3) is 5.18. The van der Waals surface area contributed by atoms with Gasteiger partial charge < -0.3 is 20.4 Å². The maximum atomic E-state index is 4.62. The van der Waals surface area contributed by atoms with E-state index < -0.39 is 0 Å². The Hall–Kier alpha value is -2.60. The summed E-state index contributed by atoms with van der Waals surface area (Å²) in [5.74, 6) is 1.94. The Morgan fingerprint density at radius 2 is 1.84 bits per heavy atom. The number of nitrogens with zero attached hydrogens (tertiary/aromatic N) is 4. The van der Waals surface area contributed by atoms with Crippen molar-refractivity contribution in [2.75, 3.05) is 51.2 Å². The lowest BCUT2D eigenvalue weighted by Crippen LogP contribution is -2.48. The molecule has 1 saturated carbocycles. The van der Waals surface area contributed by atoms with E-state index in [9.17, 15) is 0 Å². The quantitative estimate of drug-likeness (QED) is 0.533. The lowest BCUT2D eigenvalue weighted by atomic mass is 9.64. The first-order chi connectivity index (χ1) is 15.2. The second-order valence-electron chi connectivity index (χ2n) is 8.72. The summed E-state index contributed by atoms with van der Waals surface area (Å²) in [6, 6.07) is 15.2. The fraction of sp³-hybridized carbons (Fsp3) is 0.520. The third-order valence-corrected chi connectivity index (χ3v) is 6.93. The lowest BCUT2D eigenvalue weighted by Gasteiger charge is -2.43. The number of hydrogen-bond donors (Lipinski definition) is 2. The molecule has 2 N–H and O–H groups in total. The van der Waals surface area contributed by atoms with Gasteiger partial charge >= 0.3 is 0 Å². The van der Waals surface area contributed by atoms with E-state index >= 15 is 0 Å². The number of benzene rings is 1. The van der Waals surface area contributed by atoms with Gasteiger partial charge in [0.2, 0.25) is 0 Å². The number of aliphatic imine (C=N–C) groups is 1. The maximum absolute atomic E-state index is 4.62. The average molecular weight is 421 g/mol. The van der Waals surface area contributed by atoms with Crippen LogP contribution in [0, 0.1) is 0 Å². The zero-order valence-corrected chi connectivity index (χ0v) is 19.0. The maximum Gasteiger partial charge on any atom is 0.191 e. The molecule has 0 atom stereocenters. The molecule has 31 heavy (non-hydrogen) atoms. The smallest absolute Gasteiger partial charge is 0.191 e. The van der Waals surface area contributed by atoms with E-state index in [-0.39, 0.29) is 5.41 Å². The van der Waals surface area contributed by atoms with E-state index in [0.717, 1.165) is 57.6 Å². The molecule has 6 nitrogen and oxygen atoms in total. The van der Waals surface area contributed by atoms with Gasteiger partial charge in [0.05, 0.1) is 0 Å². The van der Waals surface area contributed by atoms with E-state index in [1.165, 1.54) is 30.4 Å². The van der Waals surface area contributed by atoms with Crippen LogP contribution >= 0.6 is 0 Å². The van der Waals surface area contributed by atoms with Gasteiger partial charge in [-0.2, -0.15) is 0 Å². The van der Waals surface area contributed by atoms with E-state index in [4.69, 9.17) is 0 Å². The average Bonchev–Trinajstić information content (AvgIpc) is 2.81. The van der Waals surface area contributed by atoms with Gasteiger partial charge in [-0.25, -0.2) is 4.98 Å². The third-order valence-electron chi connectivity index (χ3n) is 6.93. The highest BCUT2D eigenvalue weighted by Gasteiger charge is 2.38. The van der Waals surface area contributed by atoms with Crippen LogP contribution in [0.1, 0.15) is 37.3 Å². The first-order valence-corrected chi connectivity index (χ1v) is 11.6. The minimum absolute atomic E-state index is 0.239. The second-order valence-corrected chi connectivity index (χ2v) is 8.72. The summed E-state index contributed by atoms with van der Waals surface area (Å²) in [4.78, 5) is 13.9. The molecule has 4 rings (SSSR count). The van der Waals surface area contributed by atoms with E-state index in [0.29, 0.717) is 0 Å². The van der Waals surface area contributed by atoms with E-state index in [1.54, 1.807) is 0 Å². The number of likely N-dealkylation sites (N-methyl/N-ethyl adjacent to an activating group) is 1. The Labute approximate surface area is 186 Å². The molecular weight excluding hydrogens is 384 g/mol. The monoisotopic (exact) mass is 420 g/mol. The highest BCUT2D eigenvalue weighted by atomic mass is 15.3. The van der Waals surface area contributed by atoms with Gasteiger partial charge in [-0.05, 0) is 42.6 Å². The number of rotatable bonds is 7. The van der Waals surface area contributed by atoms with Gasteiger partial charge in [-0.15, -0.1) is 0 Å². The van der Waals surface area contributed by atoms with Gasteiger partial charge in [-0.3, -0.25) is 4.99 Å². The first kappa shape index (κ1) is 21.6. The molecule has 1 aromatic heterocycles. The number of hydrogen-bond acceptors (Lipinski definition) is 4. The predicted molar refractivity (Wildman–Crippen MR) is 129 cm³/mol. The topological polar surface area (TPSA) is 55.8 Å². The van der Waals surface area contributed by atoms with Gasteiger partial charge in [-0.1, -0.05) is 43.7 Å². The summed E-state index contributed by atoms with van der Waals surface area (Å²) in [6.07, 6.45) is 5.70. The van der Waals surface area contributed by atoms with Crippen LogP contribution in [0.4, 0.5) is 5.82 Å². The molecule has 1 aliphatic carbocycles. The zero-order chi connectivity index (χ0) is 21.5. The molecule has 2 fully saturated rings. The van der Waals surface area contributed by atoms with Crippen LogP contribution in [0.2, 0.25) is 0 Å². The first-order valence-electron chi connectivity index (χ1n) is 11.6. The molecule has 1 aliphatic heterocycles. The van der Waals surface area contributed by atoms with E-state index in [1.807, 2.05) is 13.2 Å². The number of nitrogens with one attached hydrogen (secondary N) is 2. The summed E-state index contributed by atoms with van der Waals surface area (Å²) >= 11 is 0. The molecular formula is C25H36N6. The standard InChI is InChI=1S/C25H36N6/c1-3-30-14-16-31(17-15-30)23-18-21(10-13-27-23)19-28-24(26-2)29-20-25(11-7-12-25)22-8-5-4-6-9-22/h4-6,8-10,13,18H,3,7,11-12,14-17,19-20H2,1-2H3,(H2,26,28,29). The molecule has 2 aromatic rings. The summed E-state index contributed by atoms with van der Waals surface area (Å²) in [5, 5.41) is 7.07. The van der Waals surface area contributed by atoms with Gasteiger partial charge in [0, 0.05) is 57.9 Å². The van der Waals surface area contributed by atoms with Crippen molar-refractivity contribution in [2.24, 2.45) is 4.99 Å². The molecule has 0 bridgehead atoms. The normalized spacial score (nSPS) is 19.0. The van der Waals surface area contributed by atoms with Crippen LogP contribution in [0.15, 0.2) is 53.7 Å². The fourth-order valence-corrected chi connectivity index (χ4v) is 4.66. The molecule has 0 amide bonds. The Bertz CT molecular complexity index is 853. The minimum atomic E-state index is 0.239. The largest absolute Gasteiger partial charge is 0.356 e. The molecule has 0 spiro atoms. The van der Waals surface area contributed by atoms with Crippen LogP contribution in [0.5, 0.6) is 0 Å². The second kappa shape index (κ2) is 10.1. The predicted octanol–water partition coefficient (Wildman–Crippen LogP) is 3.01. The molecule has 1 aromatic carbocycles. The van der Waals surface area contributed by atoms with Crippen molar-refractivity contribution in [1.82, 2.24) is 20.5 Å². The summed E-state index contributed by atoms with van der Waals surface area (Å²) in [6.45, 7) is 9.32. The van der Waals surface area contributed by atoms with Crippen molar-refractivity contribution >= 4 is 11.8 Å². The molecule has 166 valence electrons. The van der Waals surface area contributed by atoms with Crippen molar-refractivity contribution in [1.29, 1.82) is 0 Å². The van der Waals surface area contributed by atoms with Gasteiger partial charge in [0.15, 0.2) is 5.96 Å². The molecule has 6 heteroatoms. The fourth-order valence-electron chi connectivity index (χ4n) is 4.66. The van der Waals surface area contributed by atoms with Crippen molar-refractivity contribution in [3.63, 3.8) is 0 Å². The molecule has 1 saturated heterocycles. The number of guanidine groups is 1. The van der Waals surface area contributed by atoms with Crippen LogP contribution in [-0.4, -0.2) is 62.2 Å². The van der Waals surface area contributed by atoms with Gasteiger partial charge in [0.1, 0.15) is 5.82 Å². The SMILES string of the molecule is CCN1CCN(c2cc(CNC(=NC)NCC3(c4ccccc4)CCC3)ccn2)CC1.